The molecule has 6 heteroatoms. The van der Waals surface area contributed by atoms with Gasteiger partial charge in [-0.15, -0.1) is 0 Å². The molecule has 0 aliphatic heterocycles. The third-order valence-electron chi connectivity index (χ3n) is 8.28. The third kappa shape index (κ3) is 5.42. The summed E-state index contributed by atoms with van der Waals surface area (Å²) in [7, 11) is -5.20. The van der Waals surface area contributed by atoms with Crippen LogP contribution in [0, 0.1) is 27.7 Å². The van der Waals surface area contributed by atoms with Crippen molar-refractivity contribution in [1.82, 2.24) is 9.55 Å². The summed E-state index contributed by atoms with van der Waals surface area (Å²) in [5, 5.41) is 0.871. The number of para-hydroxylation sites is 1. The van der Waals surface area contributed by atoms with Crippen LogP contribution >= 0.6 is 7.28 Å². The summed E-state index contributed by atoms with van der Waals surface area (Å²) in [6.45, 7) is 16.4. The van der Waals surface area contributed by atoms with Crippen molar-refractivity contribution in [2.45, 2.75) is 67.2 Å². The summed E-state index contributed by atoms with van der Waals surface area (Å²) >= 11 is 0. The molecule has 0 unspecified atom stereocenters. The average molecular weight is 595 g/mol. The Hall–Kier alpha value is -3.76. The normalized spacial score (nSPS) is 12.9. The van der Waals surface area contributed by atoms with Crippen molar-refractivity contribution in [3.05, 3.63) is 125 Å². The van der Waals surface area contributed by atoms with Gasteiger partial charge in [-0.1, -0.05) is 0 Å². The molecule has 5 nitrogen and oxygen atoms in total. The van der Waals surface area contributed by atoms with Crippen molar-refractivity contribution in [1.29, 1.82) is 0 Å². The Morgan fingerprint density at radius 3 is 1.63 bits per heavy atom. The zero-order chi connectivity index (χ0) is 31.1. The molecule has 2 N–H and O–H groups in total. The summed E-state index contributed by atoms with van der Waals surface area (Å²) in [6, 6.07) is 25.5. The van der Waals surface area contributed by atoms with Crippen molar-refractivity contribution in [3.63, 3.8) is 0 Å². The Morgan fingerprint density at radius 2 is 1.14 bits per heavy atom. The SMILES string of the molecule is Cc1cccc(C)c1P(O)(O)(Oc1cccc(-c2nccn2-c2c(C(C)C)cccc2C(C)C)c1)c1c(C)cccc1C. The summed E-state index contributed by atoms with van der Waals surface area (Å²) in [4.78, 5) is 30.4. The first-order chi connectivity index (χ1) is 20.3. The molecule has 0 bridgehead atoms. The van der Waals surface area contributed by atoms with Crippen molar-refractivity contribution in [3.8, 4) is 22.8 Å². The van der Waals surface area contributed by atoms with E-state index < -0.39 is 7.28 Å². The minimum absolute atomic E-state index is 0.322. The van der Waals surface area contributed by atoms with Gasteiger partial charge in [0.15, 0.2) is 0 Å². The van der Waals surface area contributed by atoms with Crippen molar-refractivity contribution in [2.75, 3.05) is 0 Å². The monoisotopic (exact) mass is 594 g/mol. The van der Waals surface area contributed by atoms with E-state index in [4.69, 9.17) is 9.51 Å². The van der Waals surface area contributed by atoms with Gasteiger partial charge in [-0.25, -0.2) is 0 Å². The van der Waals surface area contributed by atoms with Crippen LogP contribution in [0.5, 0.6) is 5.75 Å². The maximum atomic E-state index is 12.8. The Bertz CT molecular complexity index is 1680. The van der Waals surface area contributed by atoms with Crippen molar-refractivity contribution >= 4 is 17.9 Å². The van der Waals surface area contributed by atoms with E-state index in [0.717, 1.165) is 39.3 Å². The molecule has 0 spiro atoms. The number of hydrogen-bond donors (Lipinski definition) is 2. The molecular weight excluding hydrogens is 551 g/mol. The zero-order valence-electron chi connectivity index (χ0n) is 26.5. The first kappa shape index (κ1) is 30.7. The first-order valence-electron chi connectivity index (χ1n) is 14.9. The molecule has 0 saturated carbocycles. The van der Waals surface area contributed by atoms with E-state index in [1.807, 2.05) is 94.7 Å². The molecule has 0 atom stereocenters. The van der Waals surface area contributed by atoms with Gasteiger partial charge >= 0.3 is 256 Å². The summed E-state index contributed by atoms with van der Waals surface area (Å²) < 4.78 is 8.75. The maximum absolute atomic E-state index is 12.8. The number of nitrogens with zero attached hydrogens (tertiary/aromatic N) is 2. The molecule has 0 aliphatic carbocycles. The molecule has 0 radical (unpaired) electrons. The minimum atomic E-state index is -5.20. The molecular formula is C37H43N2O3P. The van der Waals surface area contributed by atoms with Gasteiger partial charge in [-0.05, 0) is 0 Å². The third-order valence-corrected chi connectivity index (χ3v) is 11.9. The number of rotatable bonds is 8. The number of benzene rings is 4. The summed E-state index contributed by atoms with van der Waals surface area (Å²) in [6.07, 6.45) is 3.82. The van der Waals surface area contributed by atoms with E-state index in [-0.39, 0.29) is 0 Å². The molecule has 0 amide bonds. The number of imidazole rings is 1. The molecule has 0 aliphatic rings. The second kappa shape index (κ2) is 11.4. The predicted octanol–water partition coefficient (Wildman–Crippen LogP) is 8.33. The number of aryl methyl sites for hydroxylation is 4. The van der Waals surface area contributed by atoms with Crippen LogP contribution in [0.3, 0.4) is 0 Å². The number of hydrogen-bond acceptors (Lipinski definition) is 4. The average Bonchev–Trinajstić information content (AvgIpc) is 3.42. The molecule has 224 valence electrons. The molecule has 0 fully saturated rings. The van der Waals surface area contributed by atoms with Crippen LogP contribution in [-0.2, 0) is 0 Å². The fourth-order valence-electron chi connectivity index (χ4n) is 6.47. The van der Waals surface area contributed by atoms with Gasteiger partial charge in [-0.2, -0.15) is 0 Å². The van der Waals surface area contributed by atoms with Crippen LogP contribution in [0.15, 0.2) is 91.3 Å². The molecule has 1 heterocycles. The van der Waals surface area contributed by atoms with Gasteiger partial charge in [0.2, 0.25) is 0 Å². The molecule has 5 aromatic rings. The topological polar surface area (TPSA) is 67.5 Å². The fraction of sp³-hybridized carbons (Fsp3) is 0.270. The predicted molar refractivity (Wildman–Crippen MR) is 180 cm³/mol. The van der Waals surface area contributed by atoms with E-state index in [2.05, 4.69) is 50.5 Å². The standard InChI is InChI=1S/C37H43N2O3P/c1-24(2)32-19-12-20-33(25(3)4)34(32)39-22-21-38-37(39)30-17-11-18-31(23-30)42-43(40,41,35-26(5)13-9-14-27(35)6)36-28(7)15-10-16-29(36)8/h9-25,40-41H,1-8H3. The van der Waals surface area contributed by atoms with E-state index in [9.17, 15) is 9.79 Å². The summed E-state index contributed by atoms with van der Waals surface area (Å²) in [5.74, 6) is 1.77. The van der Waals surface area contributed by atoms with Gasteiger partial charge in [0.05, 0.1) is 0 Å². The van der Waals surface area contributed by atoms with Crippen molar-refractivity contribution < 1.29 is 14.3 Å². The van der Waals surface area contributed by atoms with Gasteiger partial charge in [-0.3, -0.25) is 0 Å². The van der Waals surface area contributed by atoms with Gasteiger partial charge in [0, 0.05) is 0 Å². The first-order valence-corrected chi connectivity index (χ1v) is 17.0. The second-order valence-corrected chi connectivity index (χ2v) is 15.2. The van der Waals surface area contributed by atoms with E-state index in [1.165, 1.54) is 11.1 Å². The molecule has 43 heavy (non-hydrogen) atoms. The van der Waals surface area contributed by atoms with E-state index >= 15 is 0 Å². The van der Waals surface area contributed by atoms with Crippen LogP contribution in [0.25, 0.3) is 17.1 Å². The molecule has 5 rings (SSSR count). The van der Waals surface area contributed by atoms with Crippen molar-refractivity contribution in [2.24, 2.45) is 0 Å². The van der Waals surface area contributed by atoms with Crippen LogP contribution in [0.1, 0.15) is 72.9 Å². The Labute approximate surface area is 256 Å². The van der Waals surface area contributed by atoms with E-state index in [0.29, 0.717) is 28.2 Å². The van der Waals surface area contributed by atoms with Crippen LogP contribution in [-0.4, -0.2) is 19.3 Å². The Kier molecular flexibility index (Phi) is 8.13. The van der Waals surface area contributed by atoms with Gasteiger partial charge in [0.1, 0.15) is 0 Å². The number of aromatic nitrogens is 2. The zero-order valence-corrected chi connectivity index (χ0v) is 27.4. The fourth-order valence-corrected chi connectivity index (χ4v) is 10.2. The Morgan fingerprint density at radius 1 is 0.674 bits per heavy atom. The summed E-state index contributed by atoms with van der Waals surface area (Å²) in [5.41, 5.74) is 7.52. The van der Waals surface area contributed by atoms with Crippen LogP contribution < -0.4 is 15.1 Å². The Balaban J connectivity index is 1.70. The van der Waals surface area contributed by atoms with Crippen LogP contribution in [0.4, 0.5) is 0 Å². The van der Waals surface area contributed by atoms with Gasteiger partial charge < -0.3 is 0 Å². The molecule has 0 saturated heterocycles. The second-order valence-electron chi connectivity index (χ2n) is 12.3. The molecule has 1 aromatic heterocycles. The molecule has 4 aromatic carbocycles. The van der Waals surface area contributed by atoms with Crippen LogP contribution in [0.2, 0.25) is 0 Å². The van der Waals surface area contributed by atoms with E-state index in [1.54, 1.807) is 6.07 Å². The quantitative estimate of drug-likeness (QED) is 0.177. The van der Waals surface area contributed by atoms with Gasteiger partial charge in [0.25, 0.3) is 0 Å².